The van der Waals surface area contributed by atoms with Crippen LogP contribution in [-0.4, -0.2) is 24.1 Å². The van der Waals surface area contributed by atoms with E-state index in [9.17, 15) is 13.6 Å². The van der Waals surface area contributed by atoms with Crippen molar-refractivity contribution >= 4 is 5.97 Å². The summed E-state index contributed by atoms with van der Waals surface area (Å²) in [5, 5.41) is 0. The van der Waals surface area contributed by atoms with Gasteiger partial charge in [-0.1, -0.05) is 0 Å². The van der Waals surface area contributed by atoms with Crippen molar-refractivity contribution < 1.29 is 27.4 Å². The van der Waals surface area contributed by atoms with Crippen LogP contribution in [-0.2, 0) is 4.74 Å². The first-order chi connectivity index (χ1) is 14.5. The molecule has 0 aromatic heterocycles. The Kier molecular flexibility index (Phi) is 4.70. The molecule has 0 radical (unpaired) electrons. The number of hydrogen-bond acceptors (Lipinski definition) is 3. The molecule has 5 aliphatic carbocycles. The molecule has 0 spiro atoms. The van der Waals surface area contributed by atoms with E-state index in [0.717, 1.165) is 19.3 Å². The molecule has 0 saturated heterocycles. The van der Waals surface area contributed by atoms with Crippen LogP contribution >= 0.6 is 0 Å². The smallest absolute Gasteiger partial charge is 0.341 e. The molecule has 1 aromatic carbocycles. The molecule has 31 heavy (non-hydrogen) atoms. The monoisotopic (exact) mass is 436 g/mol. The molecule has 0 N–H and O–H groups in total. The fourth-order valence-corrected chi connectivity index (χ4v) is 6.41. The summed E-state index contributed by atoms with van der Waals surface area (Å²) in [5.74, 6) is -4.04. The third kappa shape index (κ3) is 3.74. The molecule has 2 atom stereocenters. The molecular formula is C25H31F3O3. The van der Waals surface area contributed by atoms with E-state index < -0.39 is 35.1 Å². The lowest BCUT2D eigenvalue weighted by Gasteiger charge is -2.59. The minimum absolute atomic E-state index is 0.0399. The lowest BCUT2D eigenvalue weighted by Crippen LogP contribution is -2.58. The molecule has 0 amide bonds. The largest absolute Gasteiger partial charge is 0.493 e. The van der Waals surface area contributed by atoms with E-state index in [1.54, 1.807) is 26.8 Å². The maximum atomic E-state index is 15.4. The van der Waals surface area contributed by atoms with Gasteiger partial charge in [0.1, 0.15) is 17.2 Å². The summed E-state index contributed by atoms with van der Waals surface area (Å²) in [6.45, 7) is 5.59. The molecule has 4 bridgehead atoms. The predicted molar refractivity (Wildman–Crippen MR) is 110 cm³/mol. The Labute approximate surface area is 181 Å². The Morgan fingerprint density at radius 1 is 1.10 bits per heavy atom. The molecule has 5 saturated carbocycles. The maximum Gasteiger partial charge on any atom is 0.341 e. The summed E-state index contributed by atoms with van der Waals surface area (Å²) in [6.07, 6.45) is 4.86. The van der Waals surface area contributed by atoms with Gasteiger partial charge in [-0.2, -0.15) is 0 Å². The van der Waals surface area contributed by atoms with Gasteiger partial charge in [0.05, 0.1) is 12.2 Å². The van der Waals surface area contributed by atoms with Crippen LogP contribution in [0.3, 0.4) is 0 Å². The van der Waals surface area contributed by atoms with Gasteiger partial charge >= 0.3 is 5.97 Å². The number of carbonyl (C=O) groups excluding carboxylic acids is 1. The second kappa shape index (κ2) is 6.89. The Morgan fingerprint density at radius 3 is 2.32 bits per heavy atom. The molecule has 3 nitrogen and oxygen atoms in total. The standard InChI is InChI=1S/C25H31F3O3/c1-23(2,3)31-22(29)18-6-7-19(20(21(18)26)15-4-5-15)30-13-24-10-14-8-16(11-24)25(27,28)17(9-14)12-24/h6-7,14-17H,4-5,8-13H2,1-3H3. The SMILES string of the molecule is CC(C)(C)OC(=O)c1ccc(OCC23CC4CC(C2)C(F)(F)C(C4)C3)c(C2CC2)c1F. The van der Waals surface area contributed by atoms with Crippen molar-refractivity contribution in [2.24, 2.45) is 23.2 Å². The maximum absolute atomic E-state index is 15.4. The second-order valence-electron chi connectivity index (χ2n) is 11.4. The summed E-state index contributed by atoms with van der Waals surface area (Å²) >= 11 is 0. The number of alkyl halides is 2. The molecule has 5 fully saturated rings. The minimum atomic E-state index is -2.55. The van der Waals surface area contributed by atoms with Crippen molar-refractivity contribution in [3.63, 3.8) is 0 Å². The van der Waals surface area contributed by atoms with Crippen LogP contribution in [0, 0.1) is 29.0 Å². The molecule has 6 heteroatoms. The summed E-state index contributed by atoms with van der Waals surface area (Å²) in [6, 6.07) is 3.09. The van der Waals surface area contributed by atoms with E-state index in [2.05, 4.69) is 0 Å². The van der Waals surface area contributed by atoms with E-state index in [4.69, 9.17) is 9.47 Å². The zero-order chi connectivity index (χ0) is 22.2. The van der Waals surface area contributed by atoms with Gasteiger partial charge in [0.2, 0.25) is 0 Å². The van der Waals surface area contributed by atoms with Crippen LogP contribution in [0.1, 0.15) is 87.6 Å². The van der Waals surface area contributed by atoms with Crippen LogP contribution in [0.25, 0.3) is 0 Å². The number of halogens is 3. The molecule has 1 aromatic rings. The lowest BCUT2D eigenvalue weighted by atomic mass is 9.48. The van der Waals surface area contributed by atoms with Gasteiger partial charge in [-0.25, -0.2) is 18.0 Å². The van der Waals surface area contributed by atoms with Gasteiger partial charge in [-0.3, -0.25) is 0 Å². The topological polar surface area (TPSA) is 35.5 Å². The fraction of sp³-hybridized carbons (Fsp3) is 0.720. The van der Waals surface area contributed by atoms with Gasteiger partial charge in [0, 0.05) is 22.8 Å². The van der Waals surface area contributed by atoms with Gasteiger partial charge in [-0.15, -0.1) is 0 Å². The average Bonchev–Trinajstić information content (AvgIpc) is 3.47. The van der Waals surface area contributed by atoms with Crippen LogP contribution in [0.4, 0.5) is 13.2 Å². The van der Waals surface area contributed by atoms with Crippen molar-refractivity contribution in [3.05, 3.63) is 29.1 Å². The highest BCUT2D eigenvalue weighted by Gasteiger charge is 2.64. The second-order valence-corrected chi connectivity index (χ2v) is 11.4. The van der Waals surface area contributed by atoms with Crippen molar-refractivity contribution in [2.75, 3.05) is 6.61 Å². The molecule has 5 aliphatic rings. The Bertz CT molecular complexity index is 882. The highest BCUT2D eigenvalue weighted by atomic mass is 19.3. The number of benzene rings is 1. The van der Waals surface area contributed by atoms with Crippen molar-refractivity contribution in [1.82, 2.24) is 0 Å². The highest BCUT2D eigenvalue weighted by Crippen LogP contribution is 2.65. The third-order valence-corrected chi connectivity index (χ3v) is 7.68. The van der Waals surface area contributed by atoms with E-state index >= 15 is 4.39 Å². The lowest BCUT2D eigenvalue weighted by molar-refractivity contribution is -0.230. The quantitative estimate of drug-likeness (QED) is 0.494. The number of ether oxygens (including phenoxy) is 2. The van der Waals surface area contributed by atoms with E-state index in [1.165, 1.54) is 6.07 Å². The molecule has 6 rings (SSSR count). The summed E-state index contributed by atoms with van der Waals surface area (Å²) in [5.41, 5.74) is -0.574. The van der Waals surface area contributed by atoms with Crippen LogP contribution < -0.4 is 4.74 Å². The van der Waals surface area contributed by atoms with Crippen molar-refractivity contribution in [3.8, 4) is 5.75 Å². The Morgan fingerprint density at radius 2 is 1.74 bits per heavy atom. The summed E-state index contributed by atoms with van der Waals surface area (Å²) < 4.78 is 56.0. The molecule has 2 unspecified atom stereocenters. The van der Waals surface area contributed by atoms with Crippen molar-refractivity contribution in [1.29, 1.82) is 0 Å². The number of hydrogen-bond donors (Lipinski definition) is 0. The molecular weight excluding hydrogens is 405 g/mol. The predicted octanol–water partition coefficient (Wildman–Crippen LogP) is 6.50. The number of rotatable bonds is 5. The Balaban J connectivity index is 1.37. The van der Waals surface area contributed by atoms with Crippen LogP contribution in [0.5, 0.6) is 5.75 Å². The van der Waals surface area contributed by atoms with Gasteiger partial charge in [-0.05, 0) is 89.7 Å². The molecule has 170 valence electrons. The number of esters is 1. The third-order valence-electron chi connectivity index (χ3n) is 7.68. The Hall–Kier alpha value is -1.72. The summed E-state index contributed by atoms with van der Waals surface area (Å²) in [7, 11) is 0. The first kappa shape index (κ1) is 21.1. The van der Waals surface area contributed by atoms with Crippen LogP contribution in [0.2, 0.25) is 0 Å². The number of carbonyl (C=O) groups is 1. The van der Waals surface area contributed by atoms with Gasteiger partial charge in [0.15, 0.2) is 0 Å². The zero-order valence-electron chi connectivity index (χ0n) is 18.5. The molecule has 0 aliphatic heterocycles. The summed E-state index contributed by atoms with van der Waals surface area (Å²) in [4.78, 5) is 12.5. The normalized spacial score (nSPS) is 33.4. The first-order valence-corrected chi connectivity index (χ1v) is 11.5. The van der Waals surface area contributed by atoms with E-state index in [1.807, 2.05) is 0 Å². The highest BCUT2D eigenvalue weighted by molar-refractivity contribution is 5.90. The fourth-order valence-electron chi connectivity index (χ4n) is 6.41. The average molecular weight is 437 g/mol. The van der Waals surface area contributed by atoms with Crippen molar-refractivity contribution in [2.45, 2.75) is 83.2 Å². The van der Waals surface area contributed by atoms with E-state index in [0.29, 0.717) is 49.5 Å². The first-order valence-electron chi connectivity index (χ1n) is 11.5. The zero-order valence-corrected chi connectivity index (χ0v) is 18.5. The van der Waals surface area contributed by atoms with Gasteiger partial charge < -0.3 is 9.47 Å². The van der Waals surface area contributed by atoms with Gasteiger partial charge in [0.25, 0.3) is 5.92 Å². The minimum Gasteiger partial charge on any atom is -0.493 e. The van der Waals surface area contributed by atoms with Crippen LogP contribution in [0.15, 0.2) is 12.1 Å². The van der Waals surface area contributed by atoms with E-state index in [-0.39, 0.29) is 16.9 Å². The molecule has 0 heterocycles.